The Morgan fingerprint density at radius 2 is 1.87 bits per heavy atom. The van der Waals surface area contributed by atoms with Crippen LogP contribution in [0.25, 0.3) is 0 Å². The van der Waals surface area contributed by atoms with Crippen LogP contribution in [0.5, 0.6) is 0 Å². The molecule has 3 rings (SSSR count). The van der Waals surface area contributed by atoms with Gasteiger partial charge in [-0.2, -0.15) is 0 Å². The van der Waals surface area contributed by atoms with Crippen molar-refractivity contribution in [3.63, 3.8) is 0 Å². The first kappa shape index (κ1) is 29.3. The molecule has 1 saturated carbocycles. The number of aryl methyl sites for hydroxylation is 1. The number of carbonyl (C=O) groups is 3. The van der Waals surface area contributed by atoms with Crippen molar-refractivity contribution >= 4 is 34.4 Å². The minimum atomic E-state index is -1.40. The predicted octanol–water partition coefficient (Wildman–Crippen LogP) is 3.81. The summed E-state index contributed by atoms with van der Waals surface area (Å²) in [6.45, 7) is 9.09. The largest absolute Gasteiger partial charge is 0.530 e. The Balaban J connectivity index is 1.71. The molecule has 38 heavy (non-hydrogen) atoms. The lowest BCUT2D eigenvalue weighted by molar-refractivity contribution is -0.273. The monoisotopic (exact) mass is 540 g/mol. The molecule has 1 aromatic carbocycles. The summed E-state index contributed by atoms with van der Waals surface area (Å²) in [7, 11) is 0. The van der Waals surface area contributed by atoms with Gasteiger partial charge in [-0.05, 0) is 58.4 Å². The van der Waals surface area contributed by atoms with E-state index in [1.165, 1.54) is 23.8 Å². The van der Waals surface area contributed by atoms with Crippen molar-refractivity contribution in [2.75, 3.05) is 5.32 Å². The highest BCUT2D eigenvalue weighted by Gasteiger charge is 2.37. The van der Waals surface area contributed by atoms with Crippen LogP contribution in [0.2, 0.25) is 0 Å². The Morgan fingerprint density at radius 1 is 1.18 bits per heavy atom. The number of nitrogens with zero attached hydrogens (tertiary/aromatic N) is 3. The molecule has 0 radical (unpaired) electrons. The van der Waals surface area contributed by atoms with Crippen LogP contribution in [0.1, 0.15) is 77.3 Å². The topological polar surface area (TPSA) is 127 Å². The quantitative estimate of drug-likeness (QED) is 0.417. The van der Waals surface area contributed by atoms with Crippen molar-refractivity contribution < 1.29 is 19.5 Å². The highest BCUT2D eigenvalue weighted by atomic mass is 32.1. The van der Waals surface area contributed by atoms with Crippen molar-refractivity contribution in [2.24, 2.45) is 0 Å². The number of rotatable bonds is 11. The highest BCUT2D eigenvalue weighted by molar-refractivity contribution is 7.15. The molecule has 1 heterocycles. The Bertz CT molecular complexity index is 1140. The SMILES string of the molecule is CC[C@@H](C(=O)N[C@H](/C=C/C(=O)Nc1nnc(C2(C)CCC2)s1)CCc1ccccc1)N(C(=O)[O-])C(C)(C)C. The second-order valence-electron chi connectivity index (χ2n) is 11.0. The summed E-state index contributed by atoms with van der Waals surface area (Å²) in [6, 6.07) is 8.40. The first-order valence-electron chi connectivity index (χ1n) is 13.1. The van der Waals surface area contributed by atoms with Gasteiger partial charge in [0.2, 0.25) is 16.9 Å². The fourth-order valence-corrected chi connectivity index (χ4v) is 5.55. The zero-order valence-corrected chi connectivity index (χ0v) is 23.6. The Hall–Kier alpha value is -3.27. The number of hydrogen-bond acceptors (Lipinski definition) is 7. The zero-order valence-electron chi connectivity index (χ0n) is 22.8. The Kier molecular flexibility index (Phi) is 9.65. The average molecular weight is 541 g/mol. The Labute approximate surface area is 228 Å². The van der Waals surface area contributed by atoms with Gasteiger partial charge in [-0.3, -0.25) is 14.9 Å². The van der Waals surface area contributed by atoms with E-state index in [1.54, 1.807) is 33.8 Å². The second kappa shape index (κ2) is 12.5. The van der Waals surface area contributed by atoms with Gasteiger partial charge in [-0.15, -0.1) is 10.2 Å². The summed E-state index contributed by atoms with van der Waals surface area (Å²) in [5, 5.41) is 27.3. The van der Waals surface area contributed by atoms with E-state index < -0.39 is 29.6 Å². The lowest BCUT2D eigenvalue weighted by Crippen LogP contribution is -2.61. The van der Waals surface area contributed by atoms with Gasteiger partial charge in [-0.25, -0.2) is 0 Å². The molecule has 1 fully saturated rings. The van der Waals surface area contributed by atoms with E-state index in [4.69, 9.17) is 0 Å². The van der Waals surface area contributed by atoms with Crippen LogP contribution in [-0.4, -0.2) is 50.6 Å². The minimum Gasteiger partial charge on any atom is -0.530 e. The van der Waals surface area contributed by atoms with E-state index in [0.29, 0.717) is 18.0 Å². The summed E-state index contributed by atoms with van der Waals surface area (Å²) < 4.78 is 0. The smallest absolute Gasteiger partial charge is 0.249 e. The summed E-state index contributed by atoms with van der Waals surface area (Å²) in [6.07, 6.45) is 6.40. The van der Waals surface area contributed by atoms with Gasteiger partial charge in [-0.1, -0.05) is 68.0 Å². The van der Waals surface area contributed by atoms with Crippen molar-refractivity contribution in [1.29, 1.82) is 0 Å². The molecule has 206 valence electrons. The average Bonchev–Trinajstić information content (AvgIpc) is 3.30. The lowest BCUT2D eigenvalue weighted by atomic mass is 9.71. The van der Waals surface area contributed by atoms with Crippen molar-refractivity contribution in [2.45, 2.75) is 96.2 Å². The van der Waals surface area contributed by atoms with Crippen LogP contribution >= 0.6 is 11.3 Å². The van der Waals surface area contributed by atoms with E-state index in [-0.39, 0.29) is 17.7 Å². The molecule has 9 nitrogen and oxygen atoms in total. The number of amides is 3. The second-order valence-corrected chi connectivity index (χ2v) is 12.0. The third kappa shape index (κ3) is 7.63. The first-order valence-corrected chi connectivity index (χ1v) is 13.9. The number of anilines is 1. The van der Waals surface area contributed by atoms with Gasteiger partial charge < -0.3 is 20.1 Å². The maximum absolute atomic E-state index is 13.3. The fraction of sp³-hybridized carbons (Fsp3) is 0.536. The third-order valence-corrected chi connectivity index (χ3v) is 8.09. The standard InChI is InChI=1S/C28H39N5O4S/c1-6-21(33(26(36)37)27(2,3)4)23(35)29-20(14-13-19-11-8-7-9-12-19)15-16-22(34)30-25-32-31-24(38-25)28(5)17-10-18-28/h7-9,11-12,15-16,20-21H,6,10,13-14,17-18H2,1-5H3,(H,29,35)(H,36,37)(H,30,32,34)/p-1/b16-15+/t20-,21-/m0/s1. The molecule has 2 N–H and O–H groups in total. The van der Waals surface area contributed by atoms with Crippen molar-refractivity contribution in [1.82, 2.24) is 20.4 Å². The van der Waals surface area contributed by atoms with Gasteiger partial charge in [0.1, 0.15) is 17.1 Å². The van der Waals surface area contributed by atoms with Gasteiger partial charge in [0.15, 0.2) is 0 Å². The first-order chi connectivity index (χ1) is 17.9. The van der Waals surface area contributed by atoms with Crippen LogP contribution < -0.4 is 15.7 Å². The predicted molar refractivity (Wildman–Crippen MR) is 147 cm³/mol. The van der Waals surface area contributed by atoms with E-state index in [0.717, 1.165) is 28.3 Å². The maximum atomic E-state index is 13.3. The molecular formula is C28H38N5O4S-. The van der Waals surface area contributed by atoms with E-state index in [1.807, 2.05) is 30.3 Å². The molecule has 3 amide bonds. The van der Waals surface area contributed by atoms with E-state index in [9.17, 15) is 19.5 Å². The van der Waals surface area contributed by atoms with E-state index in [2.05, 4.69) is 27.8 Å². The molecule has 0 unspecified atom stereocenters. The number of nitrogens with one attached hydrogen (secondary N) is 2. The normalized spacial score (nSPS) is 16.3. The van der Waals surface area contributed by atoms with Crippen LogP contribution in [0.3, 0.4) is 0 Å². The van der Waals surface area contributed by atoms with Gasteiger partial charge in [0, 0.05) is 23.1 Å². The zero-order chi connectivity index (χ0) is 27.9. The summed E-state index contributed by atoms with van der Waals surface area (Å²) in [4.78, 5) is 38.9. The Morgan fingerprint density at radius 3 is 2.42 bits per heavy atom. The van der Waals surface area contributed by atoms with E-state index >= 15 is 0 Å². The molecular weight excluding hydrogens is 502 g/mol. The molecule has 2 aromatic rings. The summed E-state index contributed by atoms with van der Waals surface area (Å²) in [5.74, 6) is -0.805. The molecule has 0 bridgehead atoms. The van der Waals surface area contributed by atoms with Gasteiger partial charge in [0.05, 0.1) is 0 Å². The van der Waals surface area contributed by atoms with Gasteiger partial charge >= 0.3 is 0 Å². The fourth-order valence-electron chi connectivity index (χ4n) is 4.61. The van der Waals surface area contributed by atoms with Crippen LogP contribution in [0.15, 0.2) is 42.5 Å². The highest BCUT2D eigenvalue weighted by Crippen LogP contribution is 2.44. The van der Waals surface area contributed by atoms with Crippen molar-refractivity contribution in [3.8, 4) is 0 Å². The van der Waals surface area contributed by atoms with Crippen LogP contribution in [0.4, 0.5) is 9.93 Å². The molecule has 2 atom stereocenters. The maximum Gasteiger partial charge on any atom is 0.249 e. The molecule has 0 spiro atoms. The van der Waals surface area contributed by atoms with Crippen LogP contribution in [0, 0.1) is 0 Å². The summed E-state index contributed by atoms with van der Waals surface area (Å²) in [5.41, 5.74) is 0.322. The number of carbonyl (C=O) groups excluding carboxylic acids is 3. The summed E-state index contributed by atoms with van der Waals surface area (Å²) >= 11 is 1.39. The van der Waals surface area contributed by atoms with Crippen LogP contribution in [-0.2, 0) is 21.4 Å². The number of benzene rings is 1. The molecule has 1 aromatic heterocycles. The molecule has 1 aliphatic rings. The molecule has 0 aliphatic heterocycles. The number of hydrogen-bond donors (Lipinski definition) is 2. The van der Waals surface area contributed by atoms with Gasteiger partial charge in [0.25, 0.3) is 0 Å². The number of aromatic nitrogens is 2. The van der Waals surface area contributed by atoms with Crippen molar-refractivity contribution in [3.05, 3.63) is 53.1 Å². The third-order valence-electron chi connectivity index (χ3n) is 6.94. The molecule has 1 aliphatic carbocycles. The number of carboxylic acid groups (broad SMARTS) is 1. The molecule has 0 saturated heterocycles. The lowest BCUT2D eigenvalue weighted by Gasteiger charge is -2.43. The molecule has 10 heteroatoms. The minimum absolute atomic E-state index is 0.0471.